The molecule has 1 saturated carbocycles. The van der Waals surface area contributed by atoms with Gasteiger partial charge in [0.25, 0.3) is 0 Å². The van der Waals surface area contributed by atoms with Gasteiger partial charge in [0, 0.05) is 0 Å². The van der Waals surface area contributed by atoms with E-state index in [0.717, 1.165) is 31.2 Å². The van der Waals surface area contributed by atoms with Gasteiger partial charge in [0.2, 0.25) is 0 Å². The first-order valence-electron chi connectivity index (χ1n) is 10.9. The van der Waals surface area contributed by atoms with Gasteiger partial charge in [0.1, 0.15) is 5.75 Å². The van der Waals surface area contributed by atoms with Gasteiger partial charge in [-0.15, -0.1) is 0 Å². The van der Waals surface area contributed by atoms with Crippen LogP contribution in [-0.4, -0.2) is 16.3 Å². The fourth-order valence-corrected chi connectivity index (χ4v) is 4.75. The van der Waals surface area contributed by atoms with E-state index in [1.54, 1.807) is 0 Å². The number of hydrogen-bond acceptors (Lipinski definition) is 2. The lowest BCUT2D eigenvalue weighted by Crippen LogP contribution is -2.25. The van der Waals surface area contributed by atoms with Crippen LogP contribution in [-0.2, 0) is 5.41 Å². The summed E-state index contributed by atoms with van der Waals surface area (Å²) in [6, 6.07) is 6.33. The van der Waals surface area contributed by atoms with E-state index in [1.807, 2.05) is 6.07 Å². The minimum atomic E-state index is -0.223. The quantitative estimate of drug-likeness (QED) is 0.482. The maximum Gasteiger partial charge on any atom is 0.119 e. The predicted octanol–water partition coefficient (Wildman–Crippen LogP) is 6.68. The third kappa shape index (κ3) is 5.74. The average molecular weight is 361 g/mol. The number of phenolic OH excluding ortho intramolecular Hbond substituents is 1. The summed E-state index contributed by atoms with van der Waals surface area (Å²) in [6.07, 6.45) is 11.2. The minimum Gasteiger partial charge on any atom is -0.508 e. The Bertz CT molecular complexity index is 549. The maximum atomic E-state index is 10.7. The largest absolute Gasteiger partial charge is 0.508 e. The summed E-state index contributed by atoms with van der Waals surface area (Å²) in [5, 5.41) is 21.0. The van der Waals surface area contributed by atoms with E-state index >= 15 is 0 Å². The molecule has 1 fully saturated rings. The topological polar surface area (TPSA) is 40.5 Å². The second-order valence-corrected chi connectivity index (χ2v) is 9.18. The molecule has 26 heavy (non-hydrogen) atoms. The number of aliphatic hydroxyl groups excluding tert-OH is 1. The van der Waals surface area contributed by atoms with Crippen molar-refractivity contribution in [2.75, 3.05) is 0 Å². The molecule has 0 bridgehead atoms. The highest BCUT2D eigenvalue weighted by molar-refractivity contribution is 5.41. The van der Waals surface area contributed by atoms with Crippen molar-refractivity contribution >= 4 is 0 Å². The Labute approximate surface area is 161 Å². The second-order valence-electron chi connectivity index (χ2n) is 9.18. The third-order valence-electron chi connectivity index (χ3n) is 6.38. The molecule has 0 amide bonds. The summed E-state index contributed by atoms with van der Waals surface area (Å²) in [7, 11) is 0. The molecular weight excluding hydrogens is 320 g/mol. The Kier molecular flexibility index (Phi) is 8.01. The van der Waals surface area contributed by atoms with Gasteiger partial charge in [-0.3, -0.25) is 0 Å². The number of aromatic hydroxyl groups is 1. The molecule has 2 nitrogen and oxygen atoms in total. The average Bonchev–Trinajstić information content (AvgIpc) is 2.58. The van der Waals surface area contributed by atoms with Crippen LogP contribution >= 0.6 is 0 Å². The van der Waals surface area contributed by atoms with E-state index in [2.05, 4.69) is 39.8 Å². The van der Waals surface area contributed by atoms with Crippen LogP contribution in [0.2, 0.25) is 0 Å². The Balaban J connectivity index is 2.08. The summed E-state index contributed by atoms with van der Waals surface area (Å²) in [5.41, 5.74) is 2.37. The van der Waals surface area contributed by atoms with Crippen LogP contribution in [0.3, 0.4) is 0 Å². The van der Waals surface area contributed by atoms with Crippen molar-refractivity contribution in [1.82, 2.24) is 0 Å². The molecule has 2 rings (SSSR count). The highest BCUT2D eigenvalue weighted by Gasteiger charge is 2.30. The van der Waals surface area contributed by atoms with Gasteiger partial charge >= 0.3 is 0 Å². The number of phenols is 1. The van der Waals surface area contributed by atoms with Crippen LogP contribution < -0.4 is 0 Å². The summed E-state index contributed by atoms with van der Waals surface area (Å²) in [6.45, 7) is 9.03. The zero-order chi connectivity index (χ0) is 19.2. The molecular formula is C24H40O2. The van der Waals surface area contributed by atoms with Gasteiger partial charge in [0.05, 0.1) is 6.10 Å². The number of benzene rings is 1. The molecule has 0 aliphatic heterocycles. The standard InChI is InChI=1S/C24H40O2/c1-5-7-8-9-13-24(3,4)20-11-12-22(23(26)17-20)19-14-18(10-6-2)15-21(25)16-19/h11-12,17-19,21,25-26H,5-10,13-16H2,1-4H3/t18-,19+,21-/m1/s1. The molecule has 0 heterocycles. The van der Waals surface area contributed by atoms with Crippen LogP contribution in [0.25, 0.3) is 0 Å². The normalized spacial score (nSPS) is 24.0. The number of unbranched alkanes of at least 4 members (excludes halogenated alkanes) is 3. The lowest BCUT2D eigenvalue weighted by molar-refractivity contribution is 0.0858. The van der Waals surface area contributed by atoms with Crippen molar-refractivity contribution in [3.8, 4) is 5.75 Å². The monoisotopic (exact) mass is 360 g/mol. The second kappa shape index (κ2) is 9.78. The van der Waals surface area contributed by atoms with Crippen LogP contribution in [0.5, 0.6) is 5.75 Å². The van der Waals surface area contributed by atoms with Crippen LogP contribution in [0.1, 0.15) is 109 Å². The molecule has 3 atom stereocenters. The smallest absolute Gasteiger partial charge is 0.119 e. The molecule has 1 aliphatic rings. The zero-order valence-electron chi connectivity index (χ0n) is 17.4. The Morgan fingerprint density at radius 3 is 2.42 bits per heavy atom. The third-order valence-corrected chi connectivity index (χ3v) is 6.38. The Morgan fingerprint density at radius 1 is 1.00 bits per heavy atom. The van der Waals surface area contributed by atoms with Crippen molar-refractivity contribution in [1.29, 1.82) is 0 Å². The predicted molar refractivity (Wildman–Crippen MR) is 111 cm³/mol. The first-order valence-corrected chi connectivity index (χ1v) is 10.9. The highest BCUT2D eigenvalue weighted by Crippen LogP contribution is 2.42. The molecule has 0 unspecified atom stereocenters. The summed E-state index contributed by atoms with van der Waals surface area (Å²) in [5.74, 6) is 1.30. The minimum absolute atomic E-state index is 0.0978. The van der Waals surface area contributed by atoms with E-state index in [0.29, 0.717) is 11.7 Å². The van der Waals surface area contributed by atoms with Gasteiger partial charge in [-0.2, -0.15) is 0 Å². The van der Waals surface area contributed by atoms with E-state index in [1.165, 1.54) is 44.1 Å². The SMILES string of the molecule is CCCCCCC(C)(C)c1ccc([C@@H]2C[C@H](O)C[C@H](CCC)C2)c(O)c1. The van der Waals surface area contributed by atoms with E-state index < -0.39 is 0 Å². The van der Waals surface area contributed by atoms with Crippen LogP contribution in [0, 0.1) is 5.92 Å². The zero-order valence-corrected chi connectivity index (χ0v) is 17.4. The number of hydrogen-bond donors (Lipinski definition) is 2. The molecule has 1 aliphatic carbocycles. The molecule has 2 heteroatoms. The van der Waals surface area contributed by atoms with E-state index in [4.69, 9.17) is 0 Å². The molecule has 148 valence electrons. The molecule has 1 aromatic rings. The summed E-state index contributed by atoms with van der Waals surface area (Å²) >= 11 is 0. The highest BCUT2D eigenvalue weighted by atomic mass is 16.3. The van der Waals surface area contributed by atoms with E-state index in [9.17, 15) is 10.2 Å². The Morgan fingerprint density at radius 2 is 1.77 bits per heavy atom. The van der Waals surface area contributed by atoms with Gasteiger partial charge in [-0.05, 0) is 60.1 Å². The first kappa shape index (κ1) is 21.3. The lowest BCUT2D eigenvalue weighted by atomic mass is 9.73. The summed E-state index contributed by atoms with van der Waals surface area (Å²) < 4.78 is 0. The number of aliphatic hydroxyl groups is 1. The van der Waals surface area contributed by atoms with Crippen molar-refractivity contribution in [2.24, 2.45) is 5.92 Å². The molecule has 0 radical (unpaired) electrons. The van der Waals surface area contributed by atoms with Crippen molar-refractivity contribution in [2.45, 2.75) is 109 Å². The maximum absolute atomic E-state index is 10.7. The van der Waals surface area contributed by atoms with Crippen molar-refractivity contribution in [3.05, 3.63) is 29.3 Å². The fourth-order valence-electron chi connectivity index (χ4n) is 4.75. The lowest BCUT2D eigenvalue weighted by Gasteiger charge is -2.33. The molecule has 1 aromatic carbocycles. The molecule has 0 spiro atoms. The van der Waals surface area contributed by atoms with Crippen molar-refractivity contribution < 1.29 is 10.2 Å². The molecule has 2 N–H and O–H groups in total. The number of rotatable bonds is 9. The van der Waals surface area contributed by atoms with Crippen LogP contribution in [0.15, 0.2) is 18.2 Å². The van der Waals surface area contributed by atoms with Gasteiger partial charge in [0.15, 0.2) is 0 Å². The van der Waals surface area contributed by atoms with Crippen molar-refractivity contribution in [3.63, 3.8) is 0 Å². The fraction of sp³-hybridized carbons (Fsp3) is 0.750. The van der Waals surface area contributed by atoms with Gasteiger partial charge in [-0.25, -0.2) is 0 Å². The summed E-state index contributed by atoms with van der Waals surface area (Å²) in [4.78, 5) is 0. The van der Waals surface area contributed by atoms with Gasteiger partial charge < -0.3 is 10.2 Å². The van der Waals surface area contributed by atoms with Crippen LogP contribution in [0.4, 0.5) is 0 Å². The van der Waals surface area contributed by atoms with E-state index in [-0.39, 0.29) is 17.4 Å². The molecule has 0 aromatic heterocycles. The Hall–Kier alpha value is -1.02. The molecule has 0 saturated heterocycles. The van der Waals surface area contributed by atoms with Gasteiger partial charge in [-0.1, -0.05) is 78.4 Å². The first-order chi connectivity index (χ1) is 12.4.